The fourth-order valence-corrected chi connectivity index (χ4v) is 2.26. The summed E-state index contributed by atoms with van der Waals surface area (Å²) in [5.41, 5.74) is 4.35. The third-order valence-electron chi connectivity index (χ3n) is 3.28. The van der Waals surface area contributed by atoms with Crippen LogP contribution in [0.4, 0.5) is 0 Å². The largest absolute Gasteiger partial charge is 0.305 e. The maximum Gasteiger partial charge on any atom is 0.00669 e. The van der Waals surface area contributed by atoms with E-state index in [1.165, 1.54) is 16.7 Å². The molecule has 17 heavy (non-hydrogen) atoms. The van der Waals surface area contributed by atoms with E-state index >= 15 is 0 Å². The van der Waals surface area contributed by atoms with E-state index in [0.717, 1.165) is 25.3 Å². The van der Waals surface area contributed by atoms with Crippen LogP contribution in [-0.2, 0) is 6.42 Å². The van der Waals surface area contributed by atoms with E-state index in [1.807, 2.05) is 0 Å². The van der Waals surface area contributed by atoms with E-state index < -0.39 is 0 Å². The van der Waals surface area contributed by atoms with Crippen molar-refractivity contribution in [3.05, 3.63) is 34.9 Å². The van der Waals surface area contributed by atoms with Gasteiger partial charge < -0.3 is 4.90 Å². The topological polar surface area (TPSA) is 3.24 Å². The molecular weight excluding hydrogens is 226 g/mol. The Balaban J connectivity index is 2.66. The van der Waals surface area contributed by atoms with Crippen molar-refractivity contribution in [2.45, 2.75) is 33.1 Å². The van der Waals surface area contributed by atoms with Crippen molar-refractivity contribution >= 4 is 12.6 Å². The van der Waals surface area contributed by atoms with Crippen LogP contribution in [0.15, 0.2) is 18.2 Å². The van der Waals surface area contributed by atoms with Gasteiger partial charge in [-0.15, -0.1) is 0 Å². The van der Waals surface area contributed by atoms with Crippen LogP contribution in [-0.4, -0.2) is 30.8 Å². The highest BCUT2D eigenvalue weighted by atomic mass is 32.1. The van der Waals surface area contributed by atoms with Crippen molar-refractivity contribution in [3.8, 4) is 0 Å². The first-order valence-electron chi connectivity index (χ1n) is 6.43. The highest BCUT2D eigenvalue weighted by molar-refractivity contribution is 7.80. The number of rotatable bonds is 6. The zero-order valence-electron chi connectivity index (χ0n) is 11.5. The molecule has 0 aromatic heterocycles. The van der Waals surface area contributed by atoms with E-state index in [0.29, 0.717) is 5.92 Å². The Morgan fingerprint density at radius 3 is 2.53 bits per heavy atom. The average molecular weight is 251 g/mol. The third-order valence-corrected chi connectivity index (χ3v) is 3.48. The lowest BCUT2D eigenvalue weighted by Gasteiger charge is -2.17. The van der Waals surface area contributed by atoms with Gasteiger partial charge >= 0.3 is 0 Å². The number of hydrogen-bond donors (Lipinski definition) is 1. The van der Waals surface area contributed by atoms with E-state index in [4.69, 9.17) is 0 Å². The second-order valence-electron chi connectivity index (χ2n) is 5.12. The molecule has 0 N–H and O–H groups in total. The molecule has 0 saturated heterocycles. The molecule has 0 aliphatic heterocycles. The first-order chi connectivity index (χ1) is 8.04. The Bertz CT molecular complexity index is 347. The zero-order chi connectivity index (χ0) is 12.8. The Kier molecular flexibility index (Phi) is 6.07. The molecule has 96 valence electrons. The molecule has 0 atom stereocenters. The van der Waals surface area contributed by atoms with Crippen LogP contribution in [0.3, 0.4) is 0 Å². The van der Waals surface area contributed by atoms with E-state index in [9.17, 15) is 0 Å². The van der Waals surface area contributed by atoms with Crippen LogP contribution in [0.5, 0.6) is 0 Å². The van der Waals surface area contributed by atoms with Crippen LogP contribution < -0.4 is 0 Å². The number of nitrogens with zero attached hydrogens (tertiary/aromatic N) is 1. The predicted molar refractivity (Wildman–Crippen MR) is 80.3 cm³/mol. The number of aryl methyl sites for hydroxylation is 1. The van der Waals surface area contributed by atoms with Crippen molar-refractivity contribution in [1.29, 1.82) is 0 Å². The Labute approximate surface area is 112 Å². The normalized spacial score (nSPS) is 11.5. The molecule has 0 bridgehead atoms. The maximum absolute atomic E-state index is 4.26. The monoisotopic (exact) mass is 251 g/mol. The predicted octanol–water partition coefficient (Wildman–Crippen LogP) is 3.52. The quantitative estimate of drug-likeness (QED) is 0.757. The van der Waals surface area contributed by atoms with Gasteiger partial charge in [0.2, 0.25) is 0 Å². The van der Waals surface area contributed by atoms with Crippen molar-refractivity contribution in [2.24, 2.45) is 0 Å². The summed E-state index contributed by atoms with van der Waals surface area (Å²) in [7, 11) is 2.16. The van der Waals surface area contributed by atoms with Gasteiger partial charge in [0, 0.05) is 18.8 Å². The molecule has 0 heterocycles. The van der Waals surface area contributed by atoms with Gasteiger partial charge in [-0.2, -0.15) is 12.6 Å². The molecule has 1 nitrogen and oxygen atoms in total. The molecule has 0 fully saturated rings. The lowest BCUT2D eigenvalue weighted by atomic mass is 9.96. The Hall–Kier alpha value is -0.470. The van der Waals surface area contributed by atoms with Gasteiger partial charge in [0.25, 0.3) is 0 Å². The molecule has 0 aliphatic rings. The van der Waals surface area contributed by atoms with Gasteiger partial charge in [0.15, 0.2) is 0 Å². The van der Waals surface area contributed by atoms with Crippen LogP contribution in [0, 0.1) is 6.92 Å². The molecule has 1 aromatic rings. The maximum atomic E-state index is 4.26. The lowest BCUT2D eigenvalue weighted by Crippen LogP contribution is -2.23. The first kappa shape index (κ1) is 14.6. The fraction of sp³-hybridized carbons (Fsp3) is 0.600. The molecule has 0 unspecified atom stereocenters. The van der Waals surface area contributed by atoms with Crippen molar-refractivity contribution < 1.29 is 0 Å². The number of benzene rings is 1. The first-order valence-corrected chi connectivity index (χ1v) is 7.06. The number of hydrogen-bond acceptors (Lipinski definition) is 2. The number of likely N-dealkylation sites (N-methyl/N-ethyl adjacent to an activating group) is 1. The molecule has 0 amide bonds. The minimum absolute atomic E-state index is 0.615. The van der Waals surface area contributed by atoms with Crippen molar-refractivity contribution in [3.63, 3.8) is 0 Å². The SMILES string of the molecule is Cc1ccc(C(C)C)cc1CCN(C)CCS. The average Bonchev–Trinajstić information content (AvgIpc) is 2.28. The summed E-state index contributed by atoms with van der Waals surface area (Å²) in [6.45, 7) is 8.88. The summed E-state index contributed by atoms with van der Waals surface area (Å²) in [4.78, 5) is 2.34. The summed E-state index contributed by atoms with van der Waals surface area (Å²) < 4.78 is 0. The summed E-state index contributed by atoms with van der Waals surface area (Å²) in [6.07, 6.45) is 1.14. The molecule has 1 aromatic carbocycles. The van der Waals surface area contributed by atoms with Crippen LogP contribution in [0.2, 0.25) is 0 Å². The highest BCUT2D eigenvalue weighted by Gasteiger charge is 2.05. The van der Waals surface area contributed by atoms with Gasteiger partial charge in [-0.05, 0) is 43.0 Å². The molecule has 0 saturated carbocycles. The van der Waals surface area contributed by atoms with E-state index in [1.54, 1.807) is 0 Å². The van der Waals surface area contributed by atoms with Crippen LogP contribution >= 0.6 is 12.6 Å². The molecule has 0 radical (unpaired) electrons. The standard InChI is InChI=1S/C15H25NS/c1-12(2)14-6-5-13(3)15(11-14)7-8-16(4)9-10-17/h5-6,11-12,17H,7-10H2,1-4H3. The summed E-state index contributed by atoms with van der Waals surface area (Å²) in [5.74, 6) is 1.55. The Morgan fingerprint density at radius 2 is 1.94 bits per heavy atom. The lowest BCUT2D eigenvalue weighted by molar-refractivity contribution is 0.360. The Morgan fingerprint density at radius 1 is 1.24 bits per heavy atom. The molecular formula is C15H25NS. The van der Waals surface area contributed by atoms with Crippen molar-refractivity contribution in [2.75, 3.05) is 25.9 Å². The second-order valence-corrected chi connectivity index (χ2v) is 5.56. The molecule has 0 aliphatic carbocycles. The van der Waals surface area contributed by atoms with E-state index in [-0.39, 0.29) is 0 Å². The molecule has 0 spiro atoms. The molecule has 1 rings (SSSR count). The summed E-state index contributed by atoms with van der Waals surface area (Å²) in [6, 6.07) is 6.87. The van der Waals surface area contributed by atoms with Gasteiger partial charge in [0.05, 0.1) is 0 Å². The second kappa shape index (κ2) is 7.07. The van der Waals surface area contributed by atoms with Crippen LogP contribution in [0.1, 0.15) is 36.5 Å². The van der Waals surface area contributed by atoms with Crippen LogP contribution in [0.25, 0.3) is 0 Å². The fourth-order valence-electron chi connectivity index (χ4n) is 1.91. The minimum Gasteiger partial charge on any atom is -0.305 e. The van der Waals surface area contributed by atoms with Crippen molar-refractivity contribution in [1.82, 2.24) is 4.90 Å². The summed E-state index contributed by atoms with van der Waals surface area (Å²) >= 11 is 4.26. The highest BCUT2D eigenvalue weighted by Crippen LogP contribution is 2.19. The zero-order valence-corrected chi connectivity index (χ0v) is 12.4. The minimum atomic E-state index is 0.615. The van der Waals surface area contributed by atoms with Gasteiger partial charge in [-0.1, -0.05) is 32.0 Å². The van der Waals surface area contributed by atoms with Gasteiger partial charge in [-0.3, -0.25) is 0 Å². The van der Waals surface area contributed by atoms with Gasteiger partial charge in [0.1, 0.15) is 0 Å². The summed E-state index contributed by atoms with van der Waals surface area (Å²) in [5, 5.41) is 0. The van der Waals surface area contributed by atoms with E-state index in [2.05, 4.69) is 63.5 Å². The van der Waals surface area contributed by atoms with Gasteiger partial charge in [-0.25, -0.2) is 0 Å². The number of thiol groups is 1. The third kappa shape index (κ3) is 4.72. The molecule has 2 heteroatoms. The smallest absolute Gasteiger partial charge is 0.00669 e.